The maximum absolute atomic E-state index is 11.1. The van der Waals surface area contributed by atoms with E-state index in [-0.39, 0.29) is 26.4 Å². The SMILES string of the molecule is C=C(C)C(=O)OCCOC([CH2+])(C)OCCOC(=O)C(=C)C. The Labute approximate surface area is 125 Å². The van der Waals surface area contributed by atoms with E-state index in [0.29, 0.717) is 11.1 Å². The monoisotopic (exact) mass is 299 g/mol. The standard InChI is InChI=1S/C15H23O6/c1-11(2)13(16)18-7-9-20-15(5,6)21-10-8-19-14(17)12(3)4/h1,3,5,7-10H2,2,4,6H3/q+1. The van der Waals surface area contributed by atoms with Gasteiger partial charge in [-0.2, -0.15) is 0 Å². The second-order valence-electron chi connectivity index (χ2n) is 4.66. The number of rotatable bonds is 10. The smallest absolute Gasteiger partial charge is 0.333 e. The van der Waals surface area contributed by atoms with Gasteiger partial charge < -0.3 is 18.9 Å². The highest BCUT2D eigenvalue weighted by atomic mass is 16.7. The van der Waals surface area contributed by atoms with Gasteiger partial charge in [-0.05, 0) is 13.8 Å². The molecule has 6 nitrogen and oxygen atoms in total. The van der Waals surface area contributed by atoms with Gasteiger partial charge in [0, 0.05) is 18.1 Å². The summed E-state index contributed by atoms with van der Waals surface area (Å²) >= 11 is 0. The summed E-state index contributed by atoms with van der Waals surface area (Å²) in [6, 6.07) is 0. The molecule has 0 amide bonds. The van der Waals surface area contributed by atoms with Crippen molar-refractivity contribution in [1.82, 2.24) is 0 Å². The lowest BCUT2D eigenvalue weighted by atomic mass is 10.3. The van der Waals surface area contributed by atoms with E-state index >= 15 is 0 Å². The van der Waals surface area contributed by atoms with Crippen molar-refractivity contribution in [2.75, 3.05) is 26.4 Å². The Balaban J connectivity index is 3.78. The van der Waals surface area contributed by atoms with Gasteiger partial charge in [-0.25, -0.2) is 9.59 Å². The zero-order valence-corrected chi connectivity index (χ0v) is 12.9. The van der Waals surface area contributed by atoms with Crippen molar-refractivity contribution in [3.8, 4) is 0 Å². The zero-order valence-electron chi connectivity index (χ0n) is 12.9. The van der Waals surface area contributed by atoms with Gasteiger partial charge in [-0.1, -0.05) is 13.2 Å². The first-order valence-corrected chi connectivity index (χ1v) is 6.44. The number of carbonyl (C=O) groups is 2. The van der Waals surface area contributed by atoms with Gasteiger partial charge in [0.15, 0.2) is 0 Å². The molecule has 0 aromatic carbocycles. The lowest BCUT2D eigenvalue weighted by Gasteiger charge is -2.19. The highest BCUT2D eigenvalue weighted by Gasteiger charge is 2.27. The van der Waals surface area contributed by atoms with Crippen LogP contribution in [-0.2, 0) is 28.5 Å². The molecule has 0 heterocycles. The molecule has 0 saturated heterocycles. The van der Waals surface area contributed by atoms with Crippen LogP contribution in [0.2, 0.25) is 0 Å². The third kappa shape index (κ3) is 9.70. The molecule has 0 aliphatic rings. The minimum absolute atomic E-state index is 0.0742. The predicted molar refractivity (Wildman–Crippen MR) is 77.2 cm³/mol. The first-order chi connectivity index (χ1) is 9.65. The molecule has 0 rings (SSSR count). The summed E-state index contributed by atoms with van der Waals surface area (Å²) < 4.78 is 20.3. The van der Waals surface area contributed by atoms with Gasteiger partial charge in [0.05, 0.1) is 13.2 Å². The minimum atomic E-state index is -1.12. The average molecular weight is 299 g/mol. The largest absolute Gasteiger partial charge is 0.460 e. The molecule has 118 valence electrons. The number of hydrogen-bond acceptors (Lipinski definition) is 6. The fraction of sp³-hybridized carbons (Fsp3) is 0.533. The summed E-state index contributed by atoms with van der Waals surface area (Å²) in [5, 5.41) is 0. The topological polar surface area (TPSA) is 71.1 Å². The van der Waals surface area contributed by atoms with Crippen LogP contribution in [0.1, 0.15) is 20.8 Å². The van der Waals surface area contributed by atoms with Crippen LogP contribution in [0.3, 0.4) is 0 Å². The summed E-state index contributed by atoms with van der Waals surface area (Å²) in [6.45, 7) is 15.8. The predicted octanol–water partition coefficient (Wildman–Crippen LogP) is 1.81. The van der Waals surface area contributed by atoms with Crippen LogP contribution < -0.4 is 0 Å². The van der Waals surface area contributed by atoms with Crippen LogP contribution in [0.15, 0.2) is 24.3 Å². The Kier molecular flexibility index (Phi) is 8.42. The summed E-state index contributed by atoms with van der Waals surface area (Å²) in [5.41, 5.74) is 0.644. The lowest BCUT2D eigenvalue weighted by molar-refractivity contribution is -0.206. The van der Waals surface area contributed by atoms with Crippen molar-refractivity contribution < 1.29 is 28.5 Å². The van der Waals surface area contributed by atoms with Crippen LogP contribution in [0.25, 0.3) is 0 Å². The van der Waals surface area contributed by atoms with E-state index in [2.05, 4.69) is 20.1 Å². The highest BCUT2D eigenvalue weighted by molar-refractivity contribution is 5.87. The average Bonchev–Trinajstić information content (AvgIpc) is 2.38. The third-order valence-electron chi connectivity index (χ3n) is 2.14. The van der Waals surface area contributed by atoms with Crippen molar-refractivity contribution in [3.05, 3.63) is 31.2 Å². The first-order valence-electron chi connectivity index (χ1n) is 6.44. The Morgan fingerprint density at radius 3 is 1.52 bits per heavy atom. The van der Waals surface area contributed by atoms with Crippen molar-refractivity contribution in [1.29, 1.82) is 0 Å². The first kappa shape index (κ1) is 19.2. The normalized spacial score (nSPS) is 10.8. The molecule has 0 N–H and O–H groups in total. The molecular formula is C15H23O6+. The molecule has 0 aliphatic carbocycles. The minimum Gasteiger partial charge on any atom is -0.460 e. The Bertz CT molecular complexity index is 361. The molecular weight excluding hydrogens is 276 g/mol. The van der Waals surface area contributed by atoms with Crippen LogP contribution >= 0.6 is 0 Å². The summed E-state index contributed by atoms with van der Waals surface area (Å²) in [7, 11) is 0. The molecule has 0 fully saturated rings. The van der Waals surface area contributed by atoms with E-state index < -0.39 is 17.7 Å². The summed E-state index contributed by atoms with van der Waals surface area (Å²) in [6.07, 6.45) is 0. The molecule has 0 bridgehead atoms. The maximum atomic E-state index is 11.1. The fourth-order valence-electron chi connectivity index (χ4n) is 1.07. The molecule has 0 aromatic heterocycles. The van der Waals surface area contributed by atoms with Gasteiger partial charge in [0.2, 0.25) is 0 Å². The maximum Gasteiger partial charge on any atom is 0.333 e. The van der Waals surface area contributed by atoms with Crippen molar-refractivity contribution >= 4 is 11.9 Å². The quantitative estimate of drug-likeness (QED) is 0.201. The molecule has 0 saturated carbocycles. The molecule has 6 heteroatoms. The Morgan fingerprint density at radius 2 is 1.24 bits per heavy atom. The summed E-state index contributed by atoms with van der Waals surface area (Å²) in [5.74, 6) is -2.07. The van der Waals surface area contributed by atoms with E-state index in [1.807, 2.05) is 0 Å². The molecule has 0 spiro atoms. The van der Waals surface area contributed by atoms with E-state index in [4.69, 9.17) is 18.9 Å². The molecule has 0 unspecified atom stereocenters. The van der Waals surface area contributed by atoms with Gasteiger partial charge in [-0.3, -0.25) is 0 Å². The molecule has 0 aromatic rings. The Morgan fingerprint density at radius 1 is 0.905 bits per heavy atom. The van der Waals surface area contributed by atoms with E-state index in [9.17, 15) is 9.59 Å². The van der Waals surface area contributed by atoms with E-state index in [0.717, 1.165) is 0 Å². The van der Waals surface area contributed by atoms with E-state index in [1.165, 1.54) is 0 Å². The molecule has 0 radical (unpaired) electrons. The van der Waals surface area contributed by atoms with Crippen molar-refractivity contribution in [3.63, 3.8) is 0 Å². The zero-order chi connectivity index (χ0) is 16.5. The number of carbonyl (C=O) groups excluding carboxylic acids is 2. The van der Waals surface area contributed by atoms with Gasteiger partial charge in [0.25, 0.3) is 0 Å². The number of hydrogen-bond donors (Lipinski definition) is 0. The second-order valence-corrected chi connectivity index (χ2v) is 4.66. The van der Waals surface area contributed by atoms with Crippen LogP contribution in [0.4, 0.5) is 0 Å². The fourth-order valence-corrected chi connectivity index (χ4v) is 1.07. The second kappa shape index (κ2) is 9.20. The van der Waals surface area contributed by atoms with E-state index in [1.54, 1.807) is 20.8 Å². The summed E-state index contributed by atoms with van der Waals surface area (Å²) in [4.78, 5) is 22.2. The Hall–Kier alpha value is -1.79. The number of esters is 2. The number of ether oxygens (including phenoxy) is 4. The van der Waals surface area contributed by atoms with Gasteiger partial charge >= 0.3 is 17.7 Å². The van der Waals surface area contributed by atoms with Crippen LogP contribution in [-0.4, -0.2) is 44.2 Å². The highest BCUT2D eigenvalue weighted by Crippen LogP contribution is 2.10. The lowest BCUT2D eigenvalue weighted by Crippen LogP contribution is -2.32. The van der Waals surface area contributed by atoms with Crippen LogP contribution in [0.5, 0.6) is 0 Å². The molecule has 0 aliphatic heterocycles. The van der Waals surface area contributed by atoms with Gasteiger partial charge in [-0.15, -0.1) is 0 Å². The van der Waals surface area contributed by atoms with Crippen LogP contribution in [0, 0.1) is 6.92 Å². The van der Waals surface area contributed by atoms with Crippen molar-refractivity contribution in [2.24, 2.45) is 0 Å². The molecule has 0 atom stereocenters. The third-order valence-corrected chi connectivity index (χ3v) is 2.14. The molecule has 21 heavy (non-hydrogen) atoms. The van der Waals surface area contributed by atoms with Gasteiger partial charge in [0.1, 0.15) is 20.1 Å². The van der Waals surface area contributed by atoms with Crippen molar-refractivity contribution in [2.45, 2.75) is 26.6 Å².